The second-order valence-electron chi connectivity index (χ2n) is 9.71. The summed E-state index contributed by atoms with van der Waals surface area (Å²) in [5.41, 5.74) is 4.50. The molecule has 2 aromatic rings. The monoisotopic (exact) mass is 464 g/mol. The van der Waals surface area contributed by atoms with Gasteiger partial charge in [0.15, 0.2) is 0 Å². The van der Waals surface area contributed by atoms with Crippen molar-refractivity contribution >= 4 is 18.0 Å². The second kappa shape index (κ2) is 9.87. The molecule has 2 aliphatic rings. The SMILES string of the molecule is CC1CCN(C(=O)[C@@H](NC(=O)OCC2c3ccccc3-c3ccccc32)C(C)C)C(C(=O)O)C1. The maximum absolute atomic E-state index is 13.3. The van der Waals surface area contributed by atoms with Gasteiger partial charge in [-0.1, -0.05) is 69.3 Å². The first kappa shape index (κ1) is 23.8. The molecule has 7 heteroatoms. The molecule has 1 aliphatic heterocycles. The Morgan fingerprint density at radius 3 is 2.21 bits per heavy atom. The molecule has 0 radical (unpaired) electrons. The predicted octanol–water partition coefficient (Wildman–Crippen LogP) is 4.26. The van der Waals surface area contributed by atoms with Gasteiger partial charge < -0.3 is 20.1 Å². The molecule has 7 nitrogen and oxygen atoms in total. The van der Waals surface area contributed by atoms with E-state index in [9.17, 15) is 19.5 Å². The van der Waals surface area contributed by atoms with Crippen LogP contribution in [0.15, 0.2) is 48.5 Å². The van der Waals surface area contributed by atoms with Crippen molar-refractivity contribution in [1.29, 1.82) is 0 Å². The zero-order valence-electron chi connectivity index (χ0n) is 19.9. The molecule has 2 unspecified atom stereocenters. The van der Waals surface area contributed by atoms with Crippen molar-refractivity contribution in [3.05, 3.63) is 59.7 Å². The highest BCUT2D eigenvalue weighted by Gasteiger charge is 2.39. The van der Waals surface area contributed by atoms with Crippen molar-refractivity contribution in [1.82, 2.24) is 10.2 Å². The number of alkyl carbamates (subject to hydrolysis) is 1. The number of ether oxygens (including phenoxy) is 1. The number of carboxylic acids is 1. The van der Waals surface area contributed by atoms with Gasteiger partial charge in [0.25, 0.3) is 0 Å². The summed E-state index contributed by atoms with van der Waals surface area (Å²) < 4.78 is 5.61. The molecule has 2 aromatic carbocycles. The molecule has 2 N–H and O–H groups in total. The molecule has 34 heavy (non-hydrogen) atoms. The van der Waals surface area contributed by atoms with Gasteiger partial charge >= 0.3 is 12.1 Å². The van der Waals surface area contributed by atoms with Gasteiger partial charge in [0.1, 0.15) is 18.7 Å². The van der Waals surface area contributed by atoms with Crippen LogP contribution in [0.2, 0.25) is 0 Å². The van der Waals surface area contributed by atoms with Crippen molar-refractivity contribution in [2.24, 2.45) is 11.8 Å². The minimum Gasteiger partial charge on any atom is -0.480 e. The summed E-state index contributed by atoms with van der Waals surface area (Å²) in [6.07, 6.45) is 0.480. The Balaban J connectivity index is 1.44. The number of hydrogen-bond acceptors (Lipinski definition) is 4. The minimum absolute atomic E-state index is 0.0775. The molecule has 2 amide bonds. The van der Waals surface area contributed by atoms with Crippen LogP contribution in [0.1, 0.15) is 50.7 Å². The van der Waals surface area contributed by atoms with E-state index in [-0.39, 0.29) is 30.3 Å². The van der Waals surface area contributed by atoms with Crippen molar-refractivity contribution in [2.75, 3.05) is 13.2 Å². The summed E-state index contributed by atoms with van der Waals surface area (Å²) in [5.74, 6) is -1.45. The van der Waals surface area contributed by atoms with Crippen LogP contribution in [-0.4, -0.2) is 53.2 Å². The van der Waals surface area contributed by atoms with E-state index in [1.165, 1.54) is 4.90 Å². The van der Waals surface area contributed by atoms with E-state index in [0.717, 1.165) is 28.7 Å². The van der Waals surface area contributed by atoms with Gasteiger partial charge in [0, 0.05) is 12.5 Å². The van der Waals surface area contributed by atoms with E-state index in [2.05, 4.69) is 17.4 Å². The Kier molecular flexibility index (Phi) is 6.91. The lowest BCUT2D eigenvalue weighted by molar-refractivity contribution is -0.154. The topological polar surface area (TPSA) is 95.9 Å². The lowest BCUT2D eigenvalue weighted by Gasteiger charge is -2.38. The van der Waals surface area contributed by atoms with E-state index in [4.69, 9.17) is 4.74 Å². The molecule has 1 heterocycles. The van der Waals surface area contributed by atoms with Crippen LogP contribution in [0.5, 0.6) is 0 Å². The summed E-state index contributed by atoms with van der Waals surface area (Å²) in [5, 5.41) is 12.3. The Labute approximate surface area is 200 Å². The molecular weight excluding hydrogens is 432 g/mol. The summed E-state index contributed by atoms with van der Waals surface area (Å²) in [6, 6.07) is 14.4. The molecular formula is C27H32N2O5. The molecule has 1 saturated heterocycles. The van der Waals surface area contributed by atoms with Crippen LogP contribution in [0.25, 0.3) is 11.1 Å². The smallest absolute Gasteiger partial charge is 0.407 e. The highest BCUT2D eigenvalue weighted by molar-refractivity contribution is 5.89. The molecule has 180 valence electrons. The molecule has 0 bridgehead atoms. The first-order valence-electron chi connectivity index (χ1n) is 11.9. The Morgan fingerprint density at radius 2 is 1.65 bits per heavy atom. The largest absolute Gasteiger partial charge is 0.480 e. The lowest BCUT2D eigenvalue weighted by atomic mass is 9.91. The number of nitrogens with one attached hydrogen (secondary N) is 1. The number of benzene rings is 2. The molecule has 3 atom stereocenters. The Bertz CT molecular complexity index is 1040. The normalized spacial score (nSPS) is 20.4. The molecule has 0 aromatic heterocycles. The number of carbonyl (C=O) groups is 3. The summed E-state index contributed by atoms with van der Waals surface area (Å²) in [7, 11) is 0. The van der Waals surface area contributed by atoms with Crippen LogP contribution in [0.3, 0.4) is 0 Å². The van der Waals surface area contributed by atoms with E-state index in [1.54, 1.807) is 0 Å². The fraction of sp³-hybridized carbons (Fsp3) is 0.444. The zero-order valence-corrected chi connectivity index (χ0v) is 19.9. The fourth-order valence-corrected chi connectivity index (χ4v) is 5.10. The molecule has 1 fully saturated rings. The summed E-state index contributed by atoms with van der Waals surface area (Å²) in [4.78, 5) is 39.2. The van der Waals surface area contributed by atoms with Crippen LogP contribution in [0, 0.1) is 11.8 Å². The number of fused-ring (bicyclic) bond motifs is 3. The molecule has 1 aliphatic carbocycles. The van der Waals surface area contributed by atoms with Gasteiger partial charge in [-0.15, -0.1) is 0 Å². The zero-order chi connectivity index (χ0) is 24.4. The third kappa shape index (κ3) is 4.65. The van der Waals surface area contributed by atoms with Crippen molar-refractivity contribution in [3.8, 4) is 11.1 Å². The first-order valence-corrected chi connectivity index (χ1v) is 11.9. The van der Waals surface area contributed by atoms with Gasteiger partial charge in [0.05, 0.1) is 0 Å². The number of aliphatic carboxylic acids is 1. The standard InChI is InChI=1S/C27H32N2O5/c1-16(2)24(25(30)29-13-12-17(3)14-23(29)26(31)32)28-27(33)34-15-22-20-10-6-4-8-18(20)19-9-5-7-11-21(19)22/h4-11,16-17,22-24H,12-15H2,1-3H3,(H,28,33)(H,31,32)/t17?,23?,24-/m0/s1. The number of hydrogen-bond donors (Lipinski definition) is 2. The van der Waals surface area contributed by atoms with Gasteiger partial charge in [-0.05, 0) is 46.9 Å². The third-order valence-electron chi connectivity index (χ3n) is 6.98. The number of carbonyl (C=O) groups excluding carboxylic acids is 2. The summed E-state index contributed by atoms with van der Waals surface area (Å²) in [6.45, 7) is 6.17. The maximum Gasteiger partial charge on any atom is 0.407 e. The highest BCUT2D eigenvalue weighted by Crippen LogP contribution is 2.44. The maximum atomic E-state index is 13.3. The van der Waals surface area contributed by atoms with Crippen LogP contribution in [0.4, 0.5) is 4.79 Å². The third-order valence-corrected chi connectivity index (χ3v) is 6.98. The van der Waals surface area contributed by atoms with Crippen LogP contribution >= 0.6 is 0 Å². The summed E-state index contributed by atoms with van der Waals surface area (Å²) >= 11 is 0. The van der Waals surface area contributed by atoms with Crippen molar-refractivity contribution in [2.45, 2.75) is 51.6 Å². The number of carboxylic acid groups (broad SMARTS) is 1. The highest BCUT2D eigenvalue weighted by atomic mass is 16.5. The van der Waals surface area contributed by atoms with E-state index < -0.39 is 24.1 Å². The van der Waals surface area contributed by atoms with Gasteiger partial charge in [-0.3, -0.25) is 4.79 Å². The number of nitrogens with zero attached hydrogens (tertiary/aromatic N) is 1. The average molecular weight is 465 g/mol. The number of piperidine rings is 1. The minimum atomic E-state index is -1.01. The van der Waals surface area contributed by atoms with Gasteiger partial charge in [-0.25, -0.2) is 9.59 Å². The fourth-order valence-electron chi connectivity index (χ4n) is 5.10. The van der Waals surface area contributed by atoms with Crippen LogP contribution in [-0.2, 0) is 14.3 Å². The molecule has 0 saturated carbocycles. The van der Waals surface area contributed by atoms with Crippen molar-refractivity contribution < 1.29 is 24.2 Å². The predicted molar refractivity (Wildman–Crippen MR) is 128 cm³/mol. The Hall–Kier alpha value is -3.35. The number of rotatable bonds is 6. The molecule has 4 rings (SSSR count). The van der Waals surface area contributed by atoms with Crippen molar-refractivity contribution in [3.63, 3.8) is 0 Å². The van der Waals surface area contributed by atoms with E-state index in [0.29, 0.717) is 13.0 Å². The average Bonchev–Trinajstić information content (AvgIpc) is 3.14. The Morgan fingerprint density at radius 1 is 1.06 bits per heavy atom. The first-order chi connectivity index (χ1) is 16.3. The van der Waals surface area contributed by atoms with E-state index in [1.807, 2.05) is 57.2 Å². The number of likely N-dealkylation sites (tertiary alicyclic amines) is 1. The van der Waals surface area contributed by atoms with Crippen LogP contribution < -0.4 is 5.32 Å². The quantitative estimate of drug-likeness (QED) is 0.666. The number of amides is 2. The second-order valence-corrected chi connectivity index (χ2v) is 9.71. The lowest BCUT2D eigenvalue weighted by Crippen LogP contribution is -2.58. The van der Waals surface area contributed by atoms with E-state index >= 15 is 0 Å². The van der Waals surface area contributed by atoms with Gasteiger partial charge in [0.2, 0.25) is 5.91 Å². The van der Waals surface area contributed by atoms with Gasteiger partial charge in [-0.2, -0.15) is 0 Å². The molecule has 0 spiro atoms.